The van der Waals surface area contributed by atoms with Crippen molar-refractivity contribution < 1.29 is 27.4 Å². The zero-order valence-electron chi connectivity index (χ0n) is 20.7. The van der Waals surface area contributed by atoms with E-state index in [0.717, 1.165) is 20.5 Å². The Morgan fingerprint density at radius 2 is 1.53 bits per heavy atom. The Morgan fingerprint density at radius 1 is 0.889 bits per heavy atom. The molecule has 0 unspecified atom stereocenters. The molecule has 0 spiro atoms. The maximum Gasteiger partial charge on any atom is 0.281 e. The molecule has 5 rings (SSSR count). The van der Waals surface area contributed by atoms with Crippen LogP contribution in [-0.4, -0.2) is 70.3 Å². The molecule has 0 bridgehead atoms. The van der Waals surface area contributed by atoms with Gasteiger partial charge in [-0.25, -0.2) is 0 Å². The van der Waals surface area contributed by atoms with E-state index >= 15 is 0 Å². The Bertz CT molecular complexity index is 1680. The van der Waals surface area contributed by atoms with Crippen molar-refractivity contribution in [3.63, 3.8) is 0 Å². The molecule has 2 heterocycles. The monoisotopic (exact) mass is 513 g/mol. The number of pyridine rings is 1. The average Bonchev–Trinajstić information content (AvgIpc) is 3.33. The summed E-state index contributed by atoms with van der Waals surface area (Å²) in [6.07, 6.45) is 0. The fourth-order valence-corrected chi connectivity index (χ4v) is 5.45. The minimum Gasteiger partial charge on any atom is -0.493 e. The summed E-state index contributed by atoms with van der Waals surface area (Å²) in [4.78, 5) is 13.9. The van der Waals surface area contributed by atoms with Crippen molar-refractivity contribution in [2.45, 2.75) is 6.54 Å². The molecule has 36 heavy (non-hydrogen) atoms. The van der Waals surface area contributed by atoms with Gasteiger partial charge in [-0.3, -0.25) is 4.79 Å². The molecule has 1 aliphatic heterocycles. The third-order valence-electron chi connectivity index (χ3n) is 6.54. The first kappa shape index (κ1) is 24.2. The smallest absolute Gasteiger partial charge is 0.281 e. The maximum atomic E-state index is 13.9. The van der Waals surface area contributed by atoms with Gasteiger partial charge < -0.3 is 23.5 Å². The van der Waals surface area contributed by atoms with E-state index in [1.807, 2.05) is 24.3 Å². The first-order valence-electron chi connectivity index (χ1n) is 11.3. The van der Waals surface area contributed by atoms with Gasteiger partial charge in [-0.05, 0) is 29.7 Å². The van der Waals surface area contributed by atoms with Crippen LogP contribution >= 0.6 is 0 Å². The molecule has 0 radical (unpaired) electrons. The highest BCUT2D eigenvalue weighted by Gasteiger charge is 2.23. The molecular formula is C25H27N3O7S. The van der Waals surface area contributed by atoms with Crippen LogP contribution in [0.2, 0.25) is 0 Å². The summed E-state index contributed by atoms with van der Waals surface area (Å²) in [5, 5.41) is 3.63. The maximum absolute atomic E-state index is 13.9. The van der Waals surface area contributed by atoms with Crippen LogP contribution < -0.4 is 24.5 Å². The van der Waals surface area contributed by atoms with E-state index in [1.165, 1.54) is 32.6 Å². The number of hydrogen-bond donors (Lipinski definition) is 0. The molecule has 0 amide bonds. The Labute approximate surface area is 208 Å². The lowest BCUT2D eigenvalue weighted by Crippen LogP contribution is -2.40. The topological polar surface area (TPSA) is 99.5 Å². The van der Waals surface area contributed by atoms with Gasteiger partial charge in [0.15, 0.2) is 23.0 Å². The zero-order chi connectivity index (χ0) is 25.8. The molecule has 4 aromatic rings. The van der Waals surface area contributed by atoms with E-state index in [1.54, 1.807) is 23.8 Å². The van der Waals surface area contributed by atoms with Crippen molar-refractivity contribution in [3.8, 4) is 23.0 Å². The summed E-state index contributed by atoms with van der Waals surface area (Å²) >= 11 is 0. The van der Waals surface area contributed by atoms with Gasteiger partial charge in [0.05, 0.1) is 25.1 Å². The second-order valence-electron chi connectivity index (χ2n) is 8.71. The van der Waals surface area contributed by atoms with E-state index in [-0.39, 0.29) is 25.4 Å². The lowest BCUT2D eigenvalue weighted by atomic mass is 10.00. The van der Waals surface area contributed by atoms with Crippen molar-refractivity contribution in [1.82, 2.24) is 13.2 Å². The Morgan fingerprint density at radius 3 is 2.17 bits per heavy atom. The molecule has 3 aromatic carbocycles. The third-order valence-corrected chi connectivity index (χ3v) is 8.43. The molecule has 0 saturated carbocycles. The van der Waals surface area contributed by atoms with Crippen LogP contribution in [-0.2, 0) is 16.8 Å². The second-order valence-corrected chi connectivity index (χ2v) is 11.0. The van der Waals surface area contributed by atoms with Gasteiger partial charge in [-0.1, -0.05) is 12.1 Å². The average molecular weight is 514 g/mol. The number of hydrogen-bond acceptors (Lipinski definition) is 7. The normalized spacial score (nSPS) is 13.4. The Hall–Kier alpha value is -3.54. The molecule has 11 heteroatoms. The molecule has 190 valence electrons. The van der Waals surface area contributed by atoms with Gasteiger partial charge in [0, 0.05) is 50.4 Å². The number of benzene rings is 3. The van der Waals surface area contributed by atoms with E-state index < -0.39 is 10.2 Å². The molecule has 1 aliphatic rings. The van der Waals surface area contributed by atoms with Crippen LogP contribution in [0, 0.1) is 0 Å². The minimum absolute atomic E-state index is 0.0925. The number of likely N-dealkylation sites (N-methyl/N-ethyl adjacent to an activating group) is 1. The van der Waals surface area contributed by atoms with Gasteiger partial charge in [0.1, 0.15) is 0 Å². The number of fused-ring (bicyclic) bond motifs is 6. The first-order chi connectivity index (χ1) is 17.2. The quantitative estimate of drug-likeness (QED) is 0.351. The highest BCUT2D eigenvalue weighted by atomic mass is 32.2. The van der Waals surface area contributed by atoms with Crippen molar-refractivity contribution in [2.24, 2.45) is 0 Å². The molecule has 0 saturated heterocycles. The van der Waals surface area contributed by atoms with Crippen LogP contribution in [0.3, 0.4) is 0 Å². The van der Waals surface area contributed by atoms with Crippen LogP contribution in [0.1, 0.15) is 0 Å². The summed E-state index contributed by atoms with van der Waals surface area (Å²) in [5.41, 5.74) is 0.408. The number of methoxy groups -OCH3 is 2. The number of rotatable bonds is 7. The largest absolute Gasteiger partial charge is 0.493 e. The summed E-state index contributed by atoms with van der Waals surface area (Å²) in [5.74, 6) is 2.17. The fourth-order valence-electron chi connectivity index (χ4n) is 4.58. The van der Waals surface area contributed by atoms with Crippen molar-refractivity contribution in [3.05, 3.63) is 46.8 Å². The summed E-state index contributed by atoms with van der Waals surface area (Å²) in [7, 11) is 3.85. The van der Waals surface area contributed by atoms with E-state index in [9.17, 15) is 13.2 Å². The highest BCUT2D eigenvalue weighted by molar-refractivity contribution is 7.86. The van der Waals surface area contributed by atoms with Crippen molar-refractivity contribution >= 4 is 42.7 Å². The standard InChI is InChI=1S/C25H27N3O7S/c1-26(2)36(30,31)27(3)8-9-28-24-16(7-6-15-10-22-23(11-17(15)24)35-14-34-22)18-12-20(32-4)21(33-5)13-19(18)25(28)29/h6-7,10-13H,8-9,14H2,1-5H3. The number of nitrogens with zero attached hydrogens (tertiary/aromatic N) is 3. The second kappa shape index (κ2) is 8.84. The molecule has 0 aliphatic carbocycles. The Kier molecular flexibility index (Phi) is 5.93. The van der Waals surface area contributed by atoms with Crippen molar-refractivity contribution in [2.75, 3.05) is 48.7 Å². The third kappa shape index (κ3) is 3.71. The van der Waals surface area contributed by atoms with Crippen molar-refractivity contribution in [1.29, 1.82) is 0 Å². The van der Waals surface area contributed by atoms with Crippen LogP contribution in [0.4, 0.5) is 0 Å². The van der Waals surface area contributed by atoms with Gasteiger partial charge in [0.25, 0.3) is 15.8 Å². The highest BCUT2D eigenvalue weighted by Crippen LogP contribution is 2.41. The lowest BCUT2D eigenvalue weighted by molar-refractivity contribution is 0.174. The van der Waals surface area contributed by atoms with Gasteiger partial charge in [0.2, 0.25) is 6.79 Å². The van der Waals surface area contributed by atoms with E-state index in [4.69, 9.17) is 18.9 Å². The predicted molar refractivity (Wildman–Crippen MR) is 138 cm³/mol. The predicted octanol–water partition coefficient (Wildman–Crippen LogP) is 2.79. The van der Waals surface area contributed by atoms with Crippen LogP contribution in [0.25, 0.3) is 32.4 Å². The SMILES string of the molecule is COc1cc2c(=O)n(CCN(C)S(=O)(=O)N(C)C)c3c4cc5c(cc4ccc3c2cc1OC)OCO5. The van der Waals surface area contributed by atoms with Gasteiger partial charge in [-0.2, -0.15) is 17.0 Å². The number of ether oxygens (including phenoxy) is 4. The Balaban J connectivity index is 1.82. The van der Waals surface area contributed by atoms with Crippen LogP contribution in [0.5, 0.6) is 23.0 Å². The van der Waals surface area contributed by atoms with Crippen LogP contribution in [0.15, 0.2) is 41.2 Å². The number of aromatic nitrogens is 1. The van der Waals surface area contributed by atoms with Gasteiger partial charge in [-0.15, -0.1) is 0 Å². The molecule has 0 atom stereocenters. The van der Waals surface area contributed by atoms with Gasteiger partial charge >= 0.3 is 0 Å². The van der Waals surface area contributed by atoms with E-state index in [0.29, 0.717) is 39.3 Å². The summed E-state index contributed by atoms with van der Waals surface area (Å²) in [6.45, 7) is 0.357. The zero-order valence-corrected chi connectivity index (χ0v) is 21.5. The molecule has 0 fully saturated rings. The van der Waals surface area contributed by atoms with E-state index in [2.05, 4.69) is 0 Å². The lowest BCUT2D eigenvalue weighted by Gasteiger charge is -2.23. The first-order valence-corrected chi connectivity index (χ1v) is 12.7. The minimum atomic E-state index is -3.65. The molecule has 0 N–H and O–H groups in total. The summed E-state index contributed by atoms with van der Waals surface area (Å²) < 4.78 is 51.3. The fraction of sp³-hybridized carbons (Fsp3) is 0.320. The summed E-state index contributed by atoms with van der Waals surface area (Å²) in [6, 6.07) is 11.1. The molecule has 1 aromatic heterocycles. The molecule has 10 nitrogen and oxygen atoms in total. The molecular weight excluding hydrogens is 486 g/mol.